The molecule has 5 nitrogen and oxygen atoms in total. The van der Waals surface area contributed by atoms with Gasteiger partial charge in [0.15, 0.2) is 0 Å². The summed E-state index contributed by atoms with van der Waals surface area (Å²) in [5.41, 5.74) is 3.27. The Bertz CT molecular complexity index is 1070. The van der Waals surface area contributed by atoms with Crippen LogP contribution in [0, 0.1) is 5.41 Å². The van der Waals surface area contributed by atoms with E-state index in [0.29, 0.717) is 10.8 Å². The molecule has 6 heteroatoms. The molecule has 4 aliphatic rings. The van der Waals surface area contributed by atoms with E-state index in [0.717, 1.165) is 29.7 Å². The van der Waals surface area contributed by atoms with Crippen LogP contribution in [-0.2, 0) is 15.6 Å². The van der Waals surface area contributed by atoms with Crippen LogP contribution in [0.25, 0.3) is 0 Å². The molecule has 2 heterocycles. The lowest BCUT2D eigenvalue weighted by molar-refractivity contribution is 0.0218. The molecule has 1 saturated heterocycles. The fourth-order valence-electron chi connectivity index (χ4n) is 7.43. The number of aromatic amines is 1. The number of nitrogens with zero attached hydrogens (tertiary/aromatic N) is 2. The summed E-state index contributed by atoms with van der Waals surface area (Å²) >= 11 is 3.59. The number of carbonyl (C=O) groups is 1. The molecule has 4 atom stereocenters. The first-order chi connectivity index (χ1) is 15.2. The van der Waals surface area contributed by atoms with Crippen molar-refractivity contribution >= 4 is 22.0 Å². The van der Waals surface area contributed by atoms with Crippen LogP contribution in [0.2, 0.25) is 0 Å². The Morgan fingerprint density at radius 3 is 2.56 bits per heavy atom. The number of ether oxygens (including phenoxy) is 1. The zero-order valence-corrected chi connectivity index (χ0v) is 20.8. The summed E-state index contributed by atoms with van der Waals surface area (Å²) in [5.74, 6) is 0.932. The Balaban J connectivity index is 1.26. The third-order valence-electron chi connectivity index (χ3n) is 8.97. The third-order valence-corrected chi connectivity index (χ3v) is 9.50. The molecule has 0 radical (unpaired) electrons. The highest BCUT2D eigenvalue weighted by atomic mass is 79.9. The van der Waals surface area contributed by atoms with Gasteiger partial charge in [0, 0.05) is 33.7 Å². The highest BCUT2D eigenvalue weighted by Crippen LogP contribution is 2.88. The van der Waals surface area contributed by atoms with E-state index >= 15 is 0 Å². The quantitative estimate of drug-likeness (QED) is 0.533. The maximum Gasteiger partial charge on any atom is 0.410 e. The standard InChI is InChI=1S/C26H32BrN3O2/c1-23(2,3)32-22(31)30-14-4-5-19(30)21-28-15-20(29-21)24-10-11-25(16-26(24,25)13-12-24)17-6-8-18(27)9-7-17/h6-9,15,19H,4-5,10-14,16H2,1-3H3,(H,28,29)/t19-,24?,25?,26?/m0/s1. The fraction of sp³-hybridized carbons (Fsp3) is 0.615. The number of benzene rings is 1. The molecule has 32 heavy (non-hydrogen) atoms. The number of nitrogens with one attached hydrogen (secondary N) is 1. The number of carbonyl (C=O) groups excluding carboxylic acids is 1. The molecule has 1 N–H and O–H groups in total. The molecule has 1 aromatic carbocycles. The molecule has 6 rings (SSSR count). The first-order valence-corrected chi connectivity index (χ1v) is 12.8. The van der Waals surface area contributed by atoms with Gasteiger partial charge in [0.25, 0.3) is 0 Å². The average Bonchev–Trinajstić information content (AvgIpc) is 3.04. The largest absolute Gasteiger partial charge is 0.444 e. The number of amides is 1. The second-order valence-corrected chi connectivity index (χ2v) is 12.4. The topological polar surface area (TPSA) is 58.2 Å². The number of aromatic nitrogens is 2. The van der Waals surface area contributed by atoms with E-state index in [-0.39, 0.29) is 17.6 Å². The van der Waals surface area contributed by atoms with Gasteiger partial charge >= 0.3 is 6.09 Å². The van der Waals surface area contributed by atoms with E-state index < -0.39 is 5.60 Å². The van der Waals surface area contributed by atoms with Gasteiger partial charge in [0.2, 0.25) is 0 Å². The second-order valence-electron chi connectivity index (χ2n) is 11.4. The minimum absolute atomic E-state index is 0.0112. The molecule has 0 bridgehead atoms. The molecule has 1 aliphatic heterocycles. The second kappa shape index (κ2) is 6.62. The van der Waals surface area contributed by atoms with Gasteiger partial charge in [-0.15, -0.1) is 0 Å². The van der Waals surface area contributed by atoms with E-state index in [4.69, 9.17) is 9.72 Å². The Hall–Kier alpha value is -1.82. The number of halogens is 1. The van der Waals surface area contributed by atoms with E-state index in [1.54, 1.807) is 0 Å². The van der Waals surface area contributed by atoms with Crippen molar-refractivity contribution in [3.8, 4) is 0 Å². The summed E-state index contributed by atoms with van der Waals surface area (Å²) in [7, 11) is 0. The Kier molecular flexibility index (Phi) is 4.29. The Morgan fingerprint density at radius 1 is 1.16 bits per heavy atom. The number of rotatable bonds is 3. The number of hydrogen-bond acceptors (Lipinski definition) is 3. The van der Waals surface area contributed by atoms with Crippen molar-refractivity contribution in [3.63, 3.8) is 0 Å². The predicted molar refractivity (Wildman–Crippen MR) is 127 cm³/mol. The highest BCUT2D eigenvalue weighted by Gasteiger charge is 2.84. The first kappa shape index (κ1) is 20.8. The zero-order valence-electron chi connectivity index (χ0n) is 19.2. The van der Waals surface area contributed by atoms with E-state index in [1.807, 2.05) is 25.7 Å². The smallest absolute Gasteiger partial charge is 0.410 e. The van der Waals surface area contributed by atoms with Crippen LogP contribution in [0.1, 0.15) is 88.8 Å². The van der Waals surface area contributed by atoms with E-state index in [1.165, 1.54) is 43.4 Å². The molecule has 2 aromatic rings. The van der Waals surface area contributed by atoms with E-state index in [9.17, 15) is 4.79 Å². The third kappa shape index (κ3) is 2.68. The van der Waals surface area contributed by atoms with Crippen LogP contribution in [0.3, 0.4) is 0 Å². The van der Waals surface area contributed by atoms with Crippen LogP contribution >= 0.6 is 15.9 Å². The van der Waals surface area contributed by atoms with Gasteiger partial charge in [0.05, 0.1) is 6.04 Å². The maximum atomic E-state index is 12.8. The van der Waals surface area contributed by atoms with Gasteiger partial charge in [-0.1, -0.05) is 28.1 Å². The van der Waals surface area contributed by atoms with Crippen LogP contribution in [0.15, 0.2) is 34.9 Å². The van der Waals surface area contributed by atoms with Crippen molar-refractivity contribution in [2.75, 3.05) is 6.54 Å². The van der Waals surface area contributed by atoms with Crippen molar-refractivity contribution in [2.24, 2.45) is 5.41 Å². The fourth-order valence-corrected chi connectivity index (χ4v) is 7.70. The molecule has 1 amide bonds. The minimum atomic E-state index is -0.484. The van der Waals surface area contributed by atoms with Crippen molar-refractivity contribution in [3.05, 3.63) is 52.0 Å². The summed E-state index contributed by atoms with van der Waals surface area (Å²) < 4.78 is 6.81. The van der Waals surface area contributed by atoms with Gasteiger partial charge in [-0.3, -0.25) is 4.90 Å². The van der Waals surface area contributed by atoms with Crippen molar-refractivity contribution in [1.29, 1.82) is 0 Å². The molecule has 4 fully saturated rings. The Morgan fingerprint density at radius 2 is 1.88 bits per heavy atom. The molecule has 3 saturated carbocycles. The maximum absolute atomic E-state index is 12.8. The average molecular weight is 498 g/mol. The molecule has 1 aromatic heterocycles. The van der Waals surface area contributed by atoms with Crippen LogP contribution < -0.4 is 0 Å². The highest BCUT2D eigenvalue weighted by molar-refractivity contribution is 9.10. The molecule has 3 unspecified atom stereocenters. The van der Waals surface area contributed by atoms with Gasteiger partial charge < -0.3 is 9.72 Å². The lowest BCUT2D eigenvalue weighted by Gasteiger charge is -2.48. The summed E-state index contributed by atoms with van der Waals surface area (Å²) in [6, 6.07) is 9.01. The lowest BCUT2D eigenvalue weighted by Crippen LogP contribution is -2.45. The summed E-state index contributed by atoms with van der Waals surface area (Å²) in [5, 5.41) is 0. The monoisotopic (exact) mass is 497 g/mol. The Labute approximate surface area is 198 Å². The molecule has 1 spiro atoms. The normalized spacial score (nSPS) is 35.2. The number of hydrogen-bond donors (Lipinski definition) is 1. The number of H-pyrrole nitrogens is 1. The SMILES string of the molecule is CC(C)(C)OC(=O)N1CCC[C@H]1c1ncc(C23CCC4(c5ccc(Br)cc5)CC42CC3)[nH]1. The van der Waals surface area contributed by atoms with Crippen LogP contribution in [-0.4, -0.2) is 33.1 Å². The zero-order chi connectivity index (χ0) is 22.4. The first-order valence-electron chi connectivity index (χ1n) is 12.0. The molecular formula is C26H32BrN3O2. The number of imidazole rings is 1. The summed E-state index contributed by atoms with van der Waals surface area (Å²) in [6.07, 6.45) is 10.1. The number of likely N-dealkylation sites (tertiary alicyclic amines) is 1. The summed E-state index contributed by atoms with van der Waals surface area (Å²) in [6.45, 7) is 6.49. The van der Waals surface area contributed by atoms with E-state index in [2.05, 4.69) is 51.4 Å². The van der Waals surface area contributed by atoms with Crippen molar-refractivity contribution < 1.29 is 9.53 Å². The minimum Gasteiger partial charge on any atom is -0.444 e. The van der Waals surface area contributed by atoms with Gasteiger partial charge in [0.1, 0.15) is 11.4 Å². The molecular weight excluding hydrogens is 466 g/mol. The van der Waals surface area contributed by atoms with Crippen molar-refractivity contribution in [2.45, 2.75) is 88.2 Å². The van der Waals surface area contributed by atoms with Gasteiger partial charge in [-0.2, -0.15) is 0 Å². The van der Waals surface area contributed by atoms with Crippen molar-refractivity contribution in [1.82, 2.24) is 14.9 Å². The van der Waals surface area contributed by atoms with Gasteiger partial charge in [-0.05, 0) is 88.8 Å². The van der Waals surface area contributed by atoms with Crippen LogP contribution in [0.4, 0.5) is 4.79 Å². The summed E-state index contributed by atoms with van der Waals surface area (Å²) in [4.78, 5) is 23.2. The van der Waals surface area contributed by atoms with Gasteiger partial charge in [-0.25, -0.2) is 9.78 Å². The van der Waals surface area contributed by atoms with Crippen LogP contribution in [0.5, 0.6) is 0 Å². The lowest BCUT2D eigenvalue weighted by atomic mass is 9.55. The molecule has 3 aliphatic carbocycles. The molecule has 170 valence electrons. The predicted octanol–water partition coefficient (Wildman–Crippen LogP) is 6.40.